The van der Waals surface area contributed by atoms with Crippen LogP contribution in [0.1, 0.15) is 11.4 Å². The number of aromatic nitrogens is 1. The van der Waals surface area contributed by atoms with Crippen LogP contribution in [0.15, 0.2) is 24.3 Å². The van der Waals surface area contributed by atoms with E-state index >= 15 is 0 Å². The highest BCUT2D eigenvalue weighted by atomic mass is 32.1. The van der Waals surface area contributed by atoms with Crippen molar-refractivity contribution in [3.8, 4) is 0 Å². The summed E-state index contributed by atoms with van der Waals surface area (Å²) in [5.41, 5.74) is 1.000. The van der Waals surface area contributed by atoms with Crippen molar-refractivity contribution >= 4 is 27.3 Å². The van der Waals surface area contributed by atoms with Gasteiger partial charge >= 0.3 is 0 Å². The summed E-state index contributed by atoms with van der Waals surface area (Å²) in [7, 11) is 4.24. The predicted molar refractivity (Wildman–Crippen MR) is 86.9 cm³/mol. The van der Waals surface area contributed by atoms with Gasteiger partial charge in [0.15, 0.2) is 0 Å². The fourth-order valence-electron chi connectivity index (χ4n) is 2.82. The average molecular weight is 303 g/mol. The van der Waals surface area contributed by atoms with E-state index in [1.165, 1.54) is 0 Å². The molecule has 1 fully saturated rings. The number of ketones is 1. The van der Waals surface area contributed by atoms with Gasteiger partial charge in [0, 0.05) is 32.1 Å². The summed E-state index contributed by atoms with van der Waals surface area (Å²) in [5.74, 6) is 0.293. The average Bonchev–Trinajstić information content (AvgIpc) is 2.84. The topological polar surface area (TPSA) is 36.4 Å². The molecule has 0 amide bonds. The van der Waals surface area contributed by atoms with Crippen LogP contribution < -0.4 is 0 Å². The number of carbonyl (C=O) groups excluding carboxylic acids is 1. The van der Waals surface area contributed by atoms with Crippen LogP contribution in [0.5, 0.6) is 0 Å². The van der Waals surface area contributed by atoms with Crippen LogP contribution in [0.25, 0.3) is 10.2 Å². The summed E-state index contributed by atoms with van der Waals surface area (Å²) < 4.78 is 1.16. The number of hydrogen-bond acceptors (Lipinski definition) is 5. The Kier molecular flexibility index (Phi) is 4.33. The maximum absolute atomic E-state index is 12.3. The van der Waals surface area contributed by atoms with Crippen molar-refractivity contribution in [1.29, 1.82) is 0 Å². The first-order valence-corrected chi connectivity index (χ1v) is 8.18. The Labute approximate surface area is 129 Å². The molecule has 5 heteroatoms. The smallest absolute Gasteiger partial charge is 0.141 e. The van der Waals surface area contributed by atoms with E-state index in [0.29, 0.717) is 24.7 Å². The van der Waals surface area contributed by atoms with E-state index in [0.717, 1.165) is 34.9 Å². The second kappa shape index (κ2) is 6.22. The number of hydrogen-bond donors (Lipinski definition) is 0. The molecule has 0 bridgehead atoms. The van der Waals surface area contributed by atoms with Gasteiger partial charge in [0.25, 0.3) is 0 Å². The number of benzene rings is 1. The molecule has 1 aromatic carbocycles. The molecule has 0 N–H and O–H groups in total. The molecule has 1 unspecified atom stereocenters. The van der Waals surface area contributed by atoms with Crippen LogP contribution in [0.4, 0.5) is 0 Å². The van der Waals surface area contributed by atoms with Crippen LogP contribution in [-0.2, 0) is 11.2 Å². The highest BCUT2D eigenvalue weighted by molar-refractivity contribution is 7.18. The summed E-state index contributed by atoms with van der Waals surface area (Å²) in [5, 5.41) is 0.938. The standard InChI is InChI=1S/C16H21N3OS/c1-18-7-8-19(2)12(11-18)9-13(20)10-16-17-14-5-3-4-6-15(14)21-16/h3-6,12H,7-11H2,1-2H3. The van der Waals surface area contributed by atoms with Crippen molar-refractivity contribution in [3.05, 3.63) is 29.3 Å². The second-order valence-corrected chi connectivity index (χ2v) is 7.01. The molecule has 3 rings (SSSR count). The maximum Gasteiger partial charge on any atom is 0.141 e. The lowest BCUT2D eigenvalue weighted by molar-refractivity contribution is -0.120. The van der Waals surface area contributed by atoms with Gasteiger partial charge in [0.05, 0.1) is 16.6 Å². The Bertz CT molecular complexity index is 606. The molecule has 0 radical (unpaired) electrons. The largest absolute Gasteiger partial charge is 0.304 e. The number of thiazole rings is 1. The van der Waals surface area contributed by atoms with Gasteiger partial charge in [-0.1, -0.05) is 12.1 Å². The molecular weight excluding hydrogens is 282 g/mol. The molecule has 1 saturated heterocycles. The minimum atomic E-state index is 0.293. The van der Waals surface area contributed by atoms with Crippen molar-refractivity contribution in [2.24, 2.45) is 0 Å². The van der Waals surface area contributed by atoms with Crippen LogP contribution >= 0.6 is 11.3 Å². The molecule has 2 heterocycles. The zero-order valence-electron chi connectivity index (χ0n) is 12.6. The number of fused-ring (bicyclic) bond motifs is 1. The molecule has 112 valence electrons. The first kappa shape index (κ1) is 14.6. The van der Waals surface area contributed by atoms with Crippen LogP contribution in [0.2, 0.25) is 0 Å². The van der Waals surface area contributed by atoms with Gasteiger partial charge in [-0.2, -0.15) is 0 Å². The van der Waals surface area contributed by atoms with Crippen molar-refractivity contribution in [2.75, 3.05) is 33.7 Å². The number of piperazine rings is 1. The molecule has 0 aliphatic carbocycles. The Morgan fingerprint density at radius 3 is 2.95 bits per heavy atom. The lowest BCUT2D eigenvalue weighted by atomic mass is 10.0. The van der Waals surface area contributed by atoms with E-state index in [4.69, 9.17) is 0 Å². The SMILES string of the molecule is CN1CCN(C)C(CC(=O)Cc2nc3ccccc3s2)C1. The highest BCUT2D eigenvalue weighted by Gasteiger charge is 2.24. The Balaban J connectivity index is 1.63. The van der Waals surface area contributed by atoms with E-state index in [2.05, 4.69) is 34.9 Å². The number of para-hydroxylation sites is 1. The first-order chi connectivity index (χ1) is 10.1. The summed E-state index contributed by atoms with van der Waals surface area (Å²) in [4.78, 5) is 21.5. The molecule has 1 atom stereocenters. The van der Waals surface area contributed by atoms with Crippen LogP contribution in [-0.4, -0.2) is 60.3 Å². The van der Waals surface area contributed by atoms with E-state index in [9.17, 15) is 4.79 Å². The van der Waals surface area contributed by atoms with Crippen molar-refractivity contribution < 1.29 is 4.79 Å². The van der Waals surface area contributed by atoms with Gasteiger partial charge in [-0.25, -0.2) is 4.98 Å². The Hall–Kier alpha value is -1.30. The quantitative estimate of drug-likeness (QED) is 0.866. The normalized spacial score (nSPS) is 21.0. The molecule has 1 aliphatic heterocycles. The lowest BCUT2D eigenvalue weighted by Crippen LogP contribution is -2.50. The van der Waals surface area contributed by atoms with Gasteiger partial charge in [-0.15, -0.1) is 11.3 Å². The zero-order valence-corrected chi connectivity index (χ0v) is 13.4. The summed E-state index contributed by atoms with van der Waals surface area (Å²) in [6.45, 7) is 3.09. The van der Waals surface area contributed by atoms with E-state index in [1.54, 1.807) is 11.3 Å². The predicted octanol–water partition coefficient (Wildman–Crippen LogP) is 2.04. The minimum Gasteiger partial charge on any atom is -0.304 e. The molecule has 4 nitrogen and oxygen atoms in total. The van der Waals surface area contributed by atoms with Gasteiger partial charge in [-0.3, -0.25) is 4.79 Å². The number of rotatable bonds is 4. The van der Waals surface area contributed by atoms with Gasteiger partial charge in [0.1, 0.15) is 10.8 Å². The third kappa shape index (κ3) is 3.48. The maximum atomic E-state index is 12.3. The Morgan fingerprint density at radius 1 is 1.33 bits per heavy atom. The molecular formula is C16H21N3OS. The second-order valence-electron chi connectivity index (χ2n) is 5.89. The van der Waals surface area contributed by atoms with Gasteiger partial charge in [-0.05, 0) is 26.2 Å². The van der Waals surface area contributed by atoms with E-state index in [1.807, 2.05) is 18.2 Å². The molecule has 1 aromatic heterocycles. The molecule has 0 saturated carbocycles. The fourth-order valence-corrected chi connectivity index (χ4v) is 3.82. The molecule has 21 heavy (non-hydrogen) atoms. The lowest BCUT2D eigenvalue weighted by Gasteiger charge is -2.37. The van der Waals surface area contributed by atoms with E-state index < -0.39 is 0 Å². The highest BCUT2D eigenvalue weighted by Crippen LogP contribution is 2.22. The van der Waals surface area contributed by atoms with Crippen LogP contribution in [0.3, 0.4) is 0 Å². The third-order valence-corrected chi connectivity index (χ3v) is 5.17. The zero-order chi connectivity index (χ0) is 14.8. The Morgan fingerprint density at radius 2 is 2.14 bits per heavy atom. The van der Waals surface area contributed by atoms with Gasteiger partial charge in [0.2, 0.25) is 0 Å². The number of Topliss-reactive ketones (excluding diaryl/α,β-unsaturated/α-hetero) is 1. The van der Waals surface area contributed by atoms with E-state index in [-0.39, 0.29) is 0 Å². The molecule has 2 aromatic rings. The monoisotopic (exact) mass is 303 g/mol. The van der Waals surface area contributed by atoms with Crippen LogP contribution in [0, 0.1) is 0 Å². The van der Waals surface area contributed by atoms with Crippen molar-refractivity contribution in [2.45, 2.75) is 18.9 Å². The molecule has 0 spiro atoms. The minimum absolute atomic E-state index is 0.293. The number of nitrogens with zero attached hydrogens (tertiary/aromatic N) is 3. The van der Waals surface area contributed by atoms with Gasteiger partial charge < -0.3 is 9.80 Å². The number of carbonyl (C=O) groups is 1. The van der Waals surface area contributed by atoms with Crippen molar-refractivity contribution in [3.63, 3.8) is 0 Å². The van der Waals surface area contributed by atoms with Crippen molar-refractivity contribution in [1.82, 2.24) is 14.8 Å². The fraction of sp³-hybridized carbons (Fsp3) is 0.500. The summed E-state index contributed by atoms with van der Waals surface area (Å²) >= 11 is 1.63. The summed E-state index contributed by atoms with van der Waals surface area (Å²) in [6, 6.07) is 8.40. The first-order valence-electron chi connectivity index (χ1n) is 7.37. The number of likely N-dealkylation sites (N-methyl/N-ethyl adjacent to an activating group) is 2. The third-order valence-electron chi connectivity index (χ3n) is 4.13. The summed E-state index contributed by atoms with van der Waals surface area (Å²) in [6.07, 6.45) is 1.09. The molecule has 1 aliphatic rings.